The predicted molar refractivity (Wildman–Crippen MR) is 120 cm³/mol. The number of carbonyl (C=O) groups is 2. The number of rotatable bonds is 7. The minimum Gasteiger partial charge on any atom is -0.445 e. The molecule has 0 aliphatic carbocycles. The molecule has 2 aliphatic rings. The van der Waals surface area contributed by atoms with Gasteiger partial charge in [0.15, 0.2) is 0 Å². The first-order valence-electron chi connectivity index (χ1n) is 11.8. The fraction of sp³-hybridized carbons (Fsp3) is 0.583. The molecule has 1 atom stereocenters. The molecule has 4 rings (SSSR count). The van der Waals surface area contributed by atoms with Gasteiger partial charge in [-0.25, -0.2) is 4.79 Å². The van der Waals surface area contributed by atoms with Crippen LogP contribution in [0.5, 0.6) is 0 Å². The van der Waals surface area contributed by atoms with Crippen molar-refractivity contribution in [2.24, 2.45) is 0 Å². The zero-order chi connectivity index (χ0) is 22.2. The van der Waals surface area contributed by atoms with E-state index in [4.69, 9.17) is 4.74 Å². The molecule has 0 bridgehead atoms. The van der Waals surface area contributed by atoms with Gasteiger partial charge in [0, 0.05) is 44.9 Å². The number of aryl methyl sites for hydroxylation is 1. The third-order valence-electron chi connectivity index (χ3n) is 6.33. The van der Waals surface area contributed by atoms with E-state index in [0.717, 1.165) is 49.6 Å². The molecule has 2 aliphatic heterocycles. The van der Waals surface area contributed by atoms with Gasteiger partial charge in [0.1, 0.15) is 18.3 Å². The Labute approximate surface area is 189 Å². The third-order valence-corrected chi connectivity index (χ3v) is 6.33. The third kappa shape index (κ3) is 5.87. The van der Waals surface area contributed by atoms with Crippen LogP contribution in [0.2, 0.25) is 0 Å². The van der Waals surface area contributed by atoms with Crippen LogP contribution < -0.4 is 5.32 Å². The molecule has 1 aromatic heterocycles. The molecule has 172 valence electrons. The summed E-state index contributed by atoms with van der Waals surface area (Å²) in [7, 11) is 0. The molecule has 1 N–H and O–H groups in total. The van der Waals surface area contributed by atoms with Crippen LogP contribution in [0.4, 0.5) is 4.79 Å². The normalized spacial score (nSPS) is 18.5. The molecule has 8 heteroatoms. The fourth-order valence-corrected chi connectivity index (χ4v) is 4.59. The Kier molecular flexibility index (Phi) is 7.74. The number of nitrogens with zero attached hydrogens (tertiary/aromatic N) is 4. The summed E-state index contributed by atoms with van der Waals surface area (Å²) in [5.41, 5.74) is 0.946. The van der Waals surface area contributed by atoms with Crippen LogP contribution in [0.1, 0.15) is 68.1 Å². The number of likely N-dealkylation sites (tertiary alicyclic amines) is 1. The van der Waals surface area contributed by atoms with Gasteiger partial charge in [0.2, 0.25) is 5.91 Å². The van der Waals surface area contributed by atoms with Crippen molar-refractivity contribution in [1.82, 2.24) is 25.0 Å². The molecule has 1 aromatic carbocycles. The molecule has 2 aromatic rings. The Morgan fingerprint density at radius 1 is 1.06 bits per heavy atom. The maximum atomic E-state index is 12.8. The highest BCUT2D eigenvalue weighted by molar-refractivity contribution is 5.76. The summed E-state index contributed by atoms with van der Waals surface area (Å²) >= 11 is 0. The first kappa shape index (κ1) is 22.3. The standard InChI is InChI=1S/C24H33N5O3/c30-22(13-7-14-25-24(31)32-18-19-9-3-1-4-10-19)28-15-8-11-20(17-28)23-27-26-21-12-5-2-6-16-29(21)23/h1,3-4,9-10,20H,2,5-8,11-18H2,(H,25,31). The second-order valence-corrected chi connectivity index (χ2v) is 8.71. The Balaban J connectivity index is 1.19. The molecule has 2 amide bonds. The van der Waals surface area contributed by atoms with Gasteiger partial charge in [-0.05, 0) is 37.7 Å². The minimum atomic E-state index is -0.452. The van der Waals surface area contributed by atoms with Gasteiger partial charge in [0.05, 0.1) is 0 Å². The van der Waals surface area contributed by atoms with Crippen molar-refractivity contribution in [1.29, 1.82) is 0 Å². The Hall–Kier alpha value is -2.90. The van der Waals surface area contributed by atoms with Crippen molar-refractivity contribution in [3.63, 3.8) is 0 Å². The molecule has 8 nitrogen and oxygen atoms in total. The van der Waals surface area contributed by atoms with E-state index in [1.807, 2.05) is 35.2 Å². The first-order valence-corrected chi connectivity index (χ1v) is 11.8. The van der Waals surface area contributed by atoms with E-state index in [1.165, 1.54) is 19.3 Å². The van der Waals surface area contributed by atoms with Crippen molar-refractivity contribution in [2.45, 2.75) is 70.4 Å². The van der Waals surface area contributed by atoms with Gasteiger partial charge in [-0.1, -0.05) is 36.8 Å². The van der Waals surface area contributed by atoms with E-state index in [2.05, 4.69) is 20.1 Å². The highest BCUT2D eigenvalue weighted by atomic mass is 16.5. The number of aromatic nitrogens is 3. The number of carbonyl (C=O) groups excluding carboxylic acids is 2. The minimum absolute atomic E-state index is 0.143. The monoisotopic (exact) mass is 439 g/mol. The fourth-order valence-electron chi connectivity index (χ4n) is 4.59. The summed E-state index contributed by atoms with van der Waals surface area (Å²) in [4.78, 5) is 26.5. The molecule has 1 saturated heterocycles. The molecule has 1 fully saturated rings. The lowest BCUT2D eigenvalue weighted by molar-refractivity contribution is -0.132. The summed E-state index contributed by atoms with van der Waals surface area (Å²) in [5.74, 6) is 2.57. The Bertz CT molecular complexity index is 898. The van der Waals surface area contributed by atoms with Crippen LogP contribution in [-0.4, -0.2) is 51.3 Å². The van der Waals surface area contributed by atoms with Crippen LogP contribution in [0.3, 0.4) is 0 Å². The Morgan fingerprint density at radius 3 is 2.81 bits per heavy atom. The van der Waals surface area contributed by atoms with Gasteiger partial charge < -0.3 is 19.5 Å². The van der Waals surface area contributed by atoms with Gasteiger partial charge in [-0.15, -0.1) is 10.2 Å². The number of amides is 2. The largest absolute Gasteiger partial charge is 0.445 e. The zero-order valence-electron chi connectivity index (χ0n) is 18.7. The van der Waals surface area contributed by atoms with Crippen LogP contribution in [0.15, 0.2) is 30.3 Å². The molecule has 0 radical (unpaired) electrons. The maximum absolute atomic E-state index is 12.8. The number of nitrogens with one attached hydrogen (secondary N) is 1. The van der Waals surface area contributed by atoms with Crippen LogP contribution >= 0.6 is 0 Å². The first-order chi connectivity index (χ1) is 15.7. The lowest BCUT2D eigenvalue weighted by Crippen LogP contribution is -2.40. The number of alkyl carbamates (subject to hydrolysis) is 1. The Morgan fingerprint density at radius 2 is 1.94 bits per heavy atom. The maximum Gasteiger partial charge on any atom is 0.407 e. The second kappa shape index (κ2) is 11.1. The quantitative estimate of drug-likeness (QED) is 0.668. The summed E-state index contributed by atoms with van der Waals surface area (Å²) in [6, 6.07) is 9.56. The van der Waals surface area contributed by atoms with Crippen LogP contribution in [0.25, 0.3) is 0 Å². The van der Waals surface area contributed by atoms with E-state index in [9.17, 15) is 9.59 Å². The van der Waals surface area contributed by atoms with E-state index < -0.39 is 6.09 Å². The molecule has 1 unspecified atom stereocenters. The topological polar surface area (TPSA) is 89.4 Å². The van der Waals surface area contributed by atoms with Gasteiger partial charge in [0.25, 0.3) is 0 Å². The number of benzene rings is 1. The second-order valence-electron chi connectivity index (χ2n) is 8.71. The van der Waals surface area contributed by atoms with Crippen molar-refractivity contribution in [2.75, 3.05) is 19.6 Å². The zero-order valence-corrected chi connectivity index (χ0v) is 18.7. The molecular weight excluding hydrogens is 406 g/mol. The van der Waals surface area contributed by atoms with E-state index >= 15 is 0 Å². The molecule has 0 spiro atoms. The van der Waals surface area contributed by atoms with Crippen molar-refractivity contribution < 1.29 is 14.3 Å². The SMILES string of the molecule is O=C(NCCCC(=O)N1CCCC(c2nnc3n2CCCCC3)C1)OCc1ccccc1. The number of piperidine rings is 1. The summed E-state index contributed by atoms with van der Waals surface area (Å²) in [6.07, 6.45) is 7.21. The van der Waals surface area contributed by atoms with Gasteiger partial charge in [-0.3, -0.25) is 4.79 Å². The van der Waals surface area contributed by atoms with Gasteiger partial charge in [-0.2, -0.15) is 0 Å². The number of hydrogen-bond donors (Lipinski definition) is 1. The smallest absolute Gasteiger partial charge is 0.407 e. The predicted octanol–water partition coefficient (Wildman–Crippen LogP) is 3.42. The molecule has 0 saturated carbocycles. The number of fused-ring (bicyclic) bond motifs is 1. The van der Waals surface area contributed by atoms with Crippen molar-refractivity contribution >= 4 is 12.0 Å². The highest BCUT2D eigenvalue weighted by Gasteiger charge is 2.29. The summed E-state index contributed by atoms with van der Waals surface area (Å²) in [5, 5.41) is 11.7. The summed E-state index contributed by atoms with van der Waals surface area (Å²) in [6.45, 7) is 3.17. The molecule has 3 heterocycles. The molecular formula is C24H33N5O3. The average Bonchev–Trinajstić information content (AvgIpc) is 3.09. The van der Waals surface area contributed by atoms with Crippen LogP contribution in [0, 0.1) is 0 Å². The highest BCUT2D eigenvalue weighted by Crippen LogP contribution is 2.28. The lowest BCUT2D eigenvalue weighted by atomic mass is 9.96. The van der Waals surface area contributed by atoms with E-state index in [0.29, 0.717) is 25.9 Å². The number of ether oxygens (including phenoxy) is 1. The average molecular weight is 440 g/mol. The van der Waals surface area contributed by atoms with E-state index in [-0.39, 0.29) is 18.4 Å². The molecule has 32 heavy (non-hydrogen) atoms. The lowest BCUT2D eigenvalue weighted by Gasteiger charge is -2.32. The van der Waals surface area contributed by atoms with Crippen molar-refractivity contribution in [3.05, 3.63) is 47.5 Å². The van der Waals surface area contributed by atoms with Gasteiger partial charge >= 0.3 is 6.09 Å². The van der Waals surface area contributed by atoms with Crippen molar-refractivity contribution in [3.8, 4) is 0 Å². The van der Waals surface area contributed by atoms with E-state index in [1.54, 1.807) is 0 Å². The summed E-state index contributed by atoms with van der Waals surface area (Å²) < 4.78 is 7.50. The number of hydrogen-bond acceptors (Lipinski definition) is 5. The van der Waals surface area contributed by atoms with Crippen LogP contribution in [-0.2, 0) is 29.1 Å².